The van der Waals surface area contributed by atoms with Crippen LogP contribution in [0, 0.1) is 5.82 Å². The molecule has 2 heterocycles. The number of aryl methyl sites for hydroxylation is 1. The lowest BCUT2D eigenvalue weighted by atomic mass is 9.98. The number of rotatable bonds is 8. The molecule has 5 rings (SSSR count). The summed E-state index contributed by atoms with van der Waals surface area (Å²) in [5.74, 6) is -0.568. The van der Waals surface area contributed by atoms with Crippen molar-refractivity contribution in [3.05, 3.63) is 84.2 Å². The molecular formula is C30H34FN3O3S. The first-order chi connectivity index (χ1) is 18.3. The monoisotopic (exact) mass is 535 g/mol. The van der Waals surface area contributed by atoms with Crippen LogP contribution in [0.1, 0.15) is 24.8 Å². The molecule has 0 amide bonds. The maximum atomic E-state index is 13.3. The third kappa shape index (κ3) is 5.82. The first kappa shape index (κ1) is 26.5. The molecule has 1 atom stereocenters. The highest BCUT2D eigenvalue weighted by Gasteiger charge is 2.38. The Labute approximate surface area is 224 Å². The van der Waals surface area contributed by atoms with Crippen LogP contribution in [0.15, 0.2) is 77.7 Å². The molecule has 2 fully saturated rings. The van der Waals surface area contributed by atoms with Gasteiger partial charge in [-0.05, 0) is 79.4 Å². The third-order valence-electron chi connectivity index (χ3n) is 7.65. The highest BCUT2D eigenvalue weighted by Crippen LogP contribution is 2.29. The fraction of sp³-hybridized carbons (Fsp3) is 0.367. The molecule has 0 unspecified atom stereocenters. The van der Waals surface area contributed by atoms with E-state index in [1.54, 1.807) is 0 Å². The Kier molecular flexibility index (Phi) is 7.93. The molecule has 6 nitrogen and oxygen atoms in total. The van der Waals surface area contributed by atoms with Gasteiger partial charge in [-0.1, -0.05) is 36.4 Å². The SMILES string of the molecule is CN1CCN(c2ccc(-c3cccc(CCC(=O)[C@@H]4CCCN4S(=O)(=O)c4ccc(F)cc4)c3)cc2)CC1. The van der Waals surface area contributed by atoms with Crippen molar-refractivity contribution in [2.24, 2.45) is 0 Å². The van der Waals surface area contributed by atoms with Gasteiger partial charge in [0.25, 0.3) is 0 Å². The van der Waals surface area contributed by atoms with Crippen LogP contribution in [0.5, 0.6) is 0 Å². The maximum Gasteiger partial charge on any atom is 0.243 e. The Bertz CT molecular complexity index is 1370. The van der Waals surface area contributed by atoms with Crippen LogP contribution >= 0.6 is 0 Å². The number of halogens is 1. The predicted molar refractivity (Wildman–Crippen MR) is 148 cm³/mol. The average molecular weight is 536 g/mol. The molecule has 2 aliphatic heterocycles. The van der Waals surface area contributed by atoms with Gasteiger partial charge < -0.3 is 9.80 Å². The van der Waals surface area contributed by atoms with E-state index >= 15 is 0 Å². The van der Waals surface area contributed by atoms with Gasteiger partial charge in [0, 0.05) is 44.8 Å². The summed E-state index contributed by atoms with van der Waals surface area (Å²) in [6, 6.07) is 20.9. The summed E-state index contributed by atoms with van der Waals surface area (Å²) in [4.78, 5) is 17.9. The molecule has 3 aromatic rings. The largest absolute Gasteiger partial charge is 0.369 e. The van der Waals surface area contributed by atoms with E-state index in [1.807, 2.05) is 12.1 Å². The molecule has 0 N–H and O–H groups in total. The molecule has 0 bridgehead atoms. The molecule has 38 heavy (non-hydrogen) atoms. The number of hydrogen-bond donors (Lipinski definition) is 0. The van der Waals surface area contributed by atoms with Crippen molar-refractivity contribution < 1.29 is 17.6 Å². The van der Waals surface area contributed by atoms with E-state index in [4.69, 9.17) is 0 Å². The lowest BCUT2D eigenvalue weighted by Crippen LogP contribution is -2.44. The Morgan fingerprint density at radius 2 is 1.61 bits per heavy atom. The molecule has 0 spiro atoms. The number of benzene rings is 3. The van der Waals surface area contributed by atoms with E-state index in [9.17, 15) is 17.6 Å². The van der Waals surface area contributed by atoms with Crippen molar-refractivity contribution in [1.82, 2.24) is 9.21 Å². The number of hydrogen-bond acceptors (Lipinski definition) is 5. The minimum atomic E-state index is -3.85. The second kappa shape index (κ2) is 11.4. The number of piperazine rings is 1. The molecular weight excluding hydrogens is 501 g/mol. The van der Waals surface area contributed by atoms with Crippen molar-refractivity contribution in [3.63, 3.8) is 0 Å². The second-order valence-corrected chi connectivity index (χ2v) is 12.1. The summed E-state index contributed by atoms with van der Waals surface area (Å²) >= 11 is 0. The van der Waals surface area contributed by atoms with E-state index in [0.717, 1.165) is 55.0 Å². The van der Waals surface area contributed by atoms with Crippen LogP contribution in [-0.2, 0) is 21.2 Å². The molecule has 2 saturated heterocycles. The zero-order valence-corrected chi connectivity index (χ0v) is 22.5. The number of ketones is 1. The smallest absolute Gasteiger partial charge is 0.243 e. The number of carbonyl (C=O) groups is 1. The molecule has 0 aliphatic carbocycles. The second-order valence-electron chi connectivity index (χ2n) is 10.2. The Morgan fingerprint density at radius 1 is 0.895 bits per heavy atom. The number of sulfonamides is 1. The molecule has 0 aromatic heterocycles. The van der Waals surface area contributed by atoms with Gasteiger partial charge >= 0.3 is 0 Å². The Morgan fingerprint density at radius 3 is 2.32 bits per heavy atom. The number of likely N-dealkylation sites (N-methyl/N-ethyl adjacent to an activating group) is 1. The van der Waals surface area contributed by atoms with Gasteiger partial charge in [-0.3, -0.25) is 4.79 Å². The standard InChI is InChI=1S/C30H34FN3O3S/c1-32-18-20-33(21-19-32)27-12-8-24(9-13-27)25-5-2-4-23(22-25)7-16-30(35)29-6-3-17-34(29)38(36,37)28-14-10-26(31)11-15-28/h2,4-5,8-15,22,29H,3,6-7,16-21H2,1H3/t29-/m0/s1. The lowest BCUT2D eigenvalue weighted by molar-refractivity contribution is -0.122. The van der Waals surface area contributed by atoms with Crippen molar-refractivity contribution in [2.45, 2.75) is 36.6 Å². The van der Waals surface area contributed by atoms with Crippen LogP contribution in [0.25, 0.3) is 11.1 Å². The first-order valence-electron chi connectivity index (χ1n) is 13.2. The number of nitrogens with zero attached hydrogens (tertiary/aromatic N) is 3. The van der Waals surface area contributed by atoms with Gasteiger partial charge in [0.15, 0.2) is 5.78 Å². The van der Waals surface area contributed by atoms with Crippen molar-refractivity contribution in [1.29, 1.82) is 0 Å². The summed E-state index contributed by atoms with van der Waals surface area (Å²) in [6.07, 6.45) is 1.97. The molecule has 8 heteroatoms. The van der Waals surface area contributed by atoms with E-state index in [2.05, 4.69) is 53.2 Å². The molecule has 0 radical (unpaired) electrons. The third-order valence-corrected chi connectivity index (χ3v) is 9.57. The lowest BCUT2D eigenvalue weighted by Gasteiger charge is -2.34. The van der Waals surface area contributed by atoms with Crippen molar-refractivity contribution >= 4 is 21.5 Å². The fourth-order valence-electron chi connectivity index (χ4n) is 5.36. The molecule has 2 aliphatic rings. The predicted octanol–water partition coefficient (Wildman–Crippen LogP) is 4.60. The minimum Gasteiger partial charge on any atom is -0.369 e. The van der Waals surface area contributed by atoms with E-state index in [1.165, 1.54) is 22.1 Å². The van der Waals surface area contributed by atoms with Crippen LogP contribution in [0.4, 0.5) is 10.1 Å². The van der Waals surface area contributed by atoms with Crippen LogP contribution in [0.2, 0.25) is 0 Å². The average Bonchev–Trinajstić information content (AvgIpc) is 3.44. The van der Waals surface area contributed by atoms with Crippen LogP contribution < -0.4 is 4.90 Å². The van der Waals surface area contributed by atoms with Gasteiger partial charge in [-0.2, -0.15) is 4.31 Å². The van der Waals surface area contributed by atoms with Gasteiger partial charge in [0.05, 0.1) is 10.9 Å². The zero-order valence-electron chi connectivity index (χ0n) is 21.7. The number of anilines is 1. The summed E-state index contributed by atoms with van der Waals surface area (Å²) in [5, 5.41) is 0. The first-order valence-corrected chi connectivity index (χ1v) is 14.7. The van der Waals surface area contributed by atoms with Crippen molar-refractivity contribution in [3.8, 4) is 11.1 Å². The van der Waals surface area contributed by atoms with Crippen LogP contribution in [-0.4, -0.2) is 69.2 Å². The van der Waals surface area contributed by atoms with E-state index in [-0.39, 0.29) is 17.1 Å². The zero-order chi connectivity index (χ0) is 26.7. The van der Waals surface area contributed by atoms with E-state index in [0.29, 0.717) is 25.8 Å². The topological polar surface area (TPSA) is 60.9 Å². The molecule has 3 aromatic carbocycles. The molecule has 200 valence electrons. The minimum absolute atomic E-state index is 0.0185. The van der Waals surface area contributed by atoms with Gasteiger partial charge in [0.1, 0.15) is 5.82 Å². The normalized spacial score (nSPS) is 19.1. The highest BCUT2D eigenvalue weighted by atomic mass is 32.2. The maximum absolute atomic E-state index is 13.3. The Balaban J connectivity index is 1.22. The van der Waals surface area contributed by atoms with E-state index < -0.39 is 21.9 Å². The molecule has 0 saturated carbocycles. The van der Waals surface area contributed by atoms with Gasteiger partial charge in [-0.15, -0.1) is 0 Å². The number of carbonyl (C=O) groups excluding carboxylic acids is 1. The quantitative estimate of drug-likeness (QED) is 0.422. The summed E-state index contributed by atoms with van der Waals surface area (Å²) < 4.78 is 40.8. The Hall–Kier alpha value is -3.07. The summed E-state index contributed by atoms with van der Waals surface area (Å²) in [5.41, 5.74) is 4.51. The fourth-order valence-corrected chi connectivity index (χ4v) is 7.04. The summed E-state index contributed by atoms with van der Waals surface area (Å²) in [7, 11) is -1.70. The van der Waals surface area contributed by atoms with Gasteiger partial charge in [-0.25, -0.2) is 12.8 Å². The summed E-state index contributed by atoms with van der Waals surface area (Å²) in [6.45, 7) is 4.50. The van der Waals surface area contributed by atoms with Gasteiger partial charge in [0.2, 0.25) is 10.0 Å². The van der Waals surface area contributed by atoms with Crippen LogP contribution in [0.3, 0.4) is 0 Å². The number of Topliss-reactive ketones (excluding diaryl/α,β-unsaturated/α-hetero) is 1. The highest BCUT2D eigenvalue weighted by molar-refractivity contribution is 7.89. The van der Waals surface area contributed by atoms with Crippen molar-refractivity contribution in [2.75, 3.05) is 44.7 Å².